The zero-order chi connectivity index (χ0) is 20.4. The minimum Gasteiger partial charge on any atom is -0.472 e. The van der Waals surface area contributed by atoms with E-state index in [1.165, 1.54) is 9.36 Å². The van der Waals surface area contributed by atoms with Crippen LogP contribution in [0.4, 0.5) is 0 Å². The van der Waals surface area contributed by atoms with Crippen molar-refractivity contribution in [2.75, 3.05) is 6.61 Å². The zero-order valence-corrected chi connectivity index (χ0v) is 17.0. The van der Waals surface area contributed by atoms with Gasteiger partial charge in [-0.1, -0.05) is 24.6 Å². The molecule has 2 aromatic heterocycles. The first-order valence-electron chi connectivity index (χ1n) is 9.42. The maximum atomic E-state index is 12.3. The molecule has 3 aromatic rings. The largest absolute Gasteiger partial charge is 0.472 e. The molecule has 2 heterocycles. The van der Waals surface area contributed by atoms with E-state index in [1.807, 2.05) is 36.5 Å². The summed E-state index contributed by atoms with van der Waals surface area (Å²) in [6, 6.07) is 9.21. The van der Waals surface area contributed by atoms with Gasteiger partial charge in [0.05, 0.1) is 11.4 Å². The molecule has 0 radical (unpaired) electrons. The van der Waals surface area contributed by atoms with Crippen molar-refractivity contribution >= 4 is 17.3 Å². The fraction of sp³-hybridized carbons (Fsp3) is 0.300. The van der Waals surface area contributed by atoms with Crippen LogP contribution in [-0.4, -0.2) is 36.2 Å². The van der Waals surface area contributed by atoms with Gasteiger partial charge in [0.1, 0.15) is 6.61 Å². The Morgan fingerprint density at radius 2 is 1.97 bits per heavy atom. The second-order valence-electron chi connectivity index (χ2n) is 6.71. The van der Waals surface area contributed by atoms with Crippen LogP contribution in [-0.2, 0) is 7.05 Å². The topological polar surface area (TPSA) is 79.8 Å². The van der Waals surface area contributed by atoms with Crippen LogP contribution in [0, 0.1) is 0 Å². The van der Waals surface area contributed by atoms with Crippen molar-refractivity contribution < 1.29 is 4.74 Å². The van der Waals surface area contributed by atoms with Gasteiger partial charge in [0.2, 0.25) is 5.88 Å². The van der Waals surface area contributed by atoms with E-state index in [4.69, 9.17) is 16.3 Å². The van der Waals surface area contributed by atoms with Crippen molar-refractivity contribution in [3.63, 3.8) is 0 Å². The third-order valence-corrected chi connectivity index (χ3v) is 5.14. The summed E-state index contributed by atoms with van der Waals surface area (Å²) in [6.07, 6.45) is 6.43. The molecule has 8 nitrogen and oxygen atoms in total. The van der Waals surface area contributed by atoms with Crippen LogP contribution in [0.25, 0.3) is 11.4 Å². The van der Waals surface area contributed by atoms with Gasteiger partial charge in [0, 0.05) is 29.9 Å². The lowest BCUT2D eigenvalue weighted by molar-refractivity contribution is 0.336. The van der Waals surface area contributed by atoms with Gasteiger partial charge in [-0.15, -0.1) is 5.10 Å². The van der Waals surface area contributed by atoms with Gasteiger partial charge in [-0.05, 0) is 59.5 Å². The molecule has 150 valence electrons. The minimum atomic E-state index is -0.262. The Labute approximate surface area is 172 Å². The van der Waals surface area contributed by atoms with Crippen LogP contribution in [0.5, 0.6) is 5.88 Å². The summed E-state index contributed by atoms with van der Waals surface area (Å²) < 4.78 is 10.3. The summed E-state index contributed by atoms with van der Waals surface area (Å²) in [5.74, 6) is 0.499. The Balaban J connectivity index is 1.59. The lowest BCUT2D eigenvalue weighted by Gasteiger charge is -2.20. The van der Waals surface area contributed by atoms with Crippen LogP contribution in [0.2, 0.25) is 5.02 Å². The van der Waals surface area contributed by atoms with E-state index in [-0.39, 0.29) is 5.69 Å². The predicted octanol–water partition coefficient (Wildman–Crippen LogP) is 3.24. The van der Waals surface area contributed by atoms with Gasteiger partial charge in [-0.3, -0.25) is 0 Å². The van der Waals surface area contributed by atoms with E-state index in [2.05, 4.69) is 28.5 Å². The Kier molecular flexibility index (Phi) is 5.35. The zero-order valence-electron chi connectivity index (χ0n) is 16.2. The quantitative estimate of drug-likeness (QED) is 0.621. The molecule has 1 aliphatic carbocycles. The van der Waals surface area contributed by atoms with Crippen molar-refractivity contribution in [1.82, 2.24) is 29.6 Å². The highest BCUT2D eigenvalue weighted by Crippen LogP contribution is 2.30. The summed E-state index contributed by atoms with van der Waals surface area (Å²) in [7, 11) is 1.59. The molecular weight excluding hydrogens is 392 g/mol. The molecule has 0 saturated heterocycles. The van der Waals surface area contributed by atoms with E-state index < -0.39 is 0 Å². The lowest BCUT2D eigenvalue weighted by atomic mass is 9.93. The monoisotopic (exact) mass is 412 g/mol. The Morgan fingerprint density at radius 1 is 1.17 bits per heavy atom. The average molecular weight is 413 g/mol. The van der Waals surface area contributed by atoms with Crippen LogP contribution in [0.3, 0.4) is 0 Å². The number of aryl methyl sites for hydroxylation is 1. The molecule has 0 saturated carbocycles. The molecule has 0 unspecified atom stereocenters. The van der Waals surface area contributed by atoms with Gasteiger partial charge in [0.15, 0.2) is 0 Å². The van der Waals surface area contributed by atoms with E-state index >= 15 is 0 Å². The van der Waals surface area contributed by atoms with Gasteiger partial charge >= 0.3 is 5.69 Å². The number of benzene rings is 1. The highest BCUT2D eigenvalue weighted by atomic mass is 35.5. The van der Waals surface area contributed by atoms with Crippen LogP contribution >= 0.6 is 11.6 Å². The molecular formula is C20H21ClN6O2. The number of tetrazole rings is 1. The molecule has 0 aliphatic heterocycles. The number of aromatic nitrogens is 6. The molecule has 4 rings (SSSR count). The Morgan fingerprint density at radius 3 is 2.66 bits per heavy atom. The fourth-order valence-corrected chi connectivity index (χ4v) is 3.49. The summed E-state index contributed by atoms with van der Waals surface area (Å²) in [5.41, 5.74) is 3.58. The second-order valence-corrected chi connectivity index (χ2v) is 7.14. The van der Waals surface area contributed by atoms with Crippen molar-refractivity contribution in [1.29, 1.82) is 0 Å². The predicted molar refractivity (Wildman–Crippen MR) is 110 cm³/mol. The molecule has 29 heavy (non-hydrogen) atoms. The summed E-state index contributed by atoms with van der Waals surface area (Å²) in [5, 5.41) is 13.0. The maximum Gasteiger partial charge on any atom is 0.367 e. The molecule has 1 aromatic carbocycles. The molecule has 0 fully saturated rings. The number of hydrogen-bond acceptors (Lipinski definition) is 5. The molecule has 0 bridgehead atoms. The average Bonchev–Trinajstić information content (AvgIpc) is 3.34. The highest BCUT2D eigenvalue weighted by Gasteiger charge is 2.21. The standard InChI is InChI=1S/C20H21ClN6O2/c1-3-14-5-4-6-18(27-20(28)25(2)23-24-27)17(14)13-29-19-11-12-26(22-19)16-9-7-15(21)8-10-16/h5,7-12H,3-4,6,13H2,1-2H3. The number of halogens is 1. The SMILES string of the molecule is CCC1=CCCC(n2nnn(C)c2=O)=C1COc1ccn(-c2ccc(Cl)cc2)n1. The number of hydrogen-bond donors (Lipinski definition) is 0. The van der Waals surface area contributed by atoms with E-state index in [0.717, 1.165) is 35.4 Å². The van der Waals surface area contributed by atoms with Crippen LogP contribution in [0.1, 0.15) is 26.2 Å². The summed E-state index contributed by atoms with van der Waals surface area (Å²) in [6.45, 7) is 2.39. The molecule has 0 spiro atoms. The summed E-state index contributed by atoms with van der Waals surface area (Å²) in [4.78, 5) is 12.3. The van der Waals surface area contributed by atoms with Crippen molar-refractivity contribution in [3.8, 4) is 11.6 Å². The van der Waals surface area contributed by atoms with Gasteiger partial charge in [0.25, 0.3) is 0 Å². The van der Waals surface area contributed by atoms with Gasteiger partial charge in [-0.25, -0.2) is 9.48 Å². The maximum absolute atomic E-state index is 12.3. The first-order chi connectivity index (χ1) is 14.1. The smallest absolute Gasteiger partial charge is 0.367 e. The number of nitrogens with zero attached hydrogens (tertiary/aromatic N) is 6. The van der Waals surface area contributed by atoms with Crippen molar-refractivity contribution in [2.45, 2.75) is 26.2 Å². The molecule has 0 atom stereocenters. The van der Waals surface area contributed by atoms with Crippen molar-refractivity contribution in [2.24, 2.45) is 7.05 Å². The third-order valence-electron chi connectivity index (χ3n) is 4.89. The van der Waals surface area contributed by atoms with Crippen LogP contribution < -0.4 is 10.4 Å². The lowest BCUT2D eigenvalue weighted by Crippen LogP contribution is -2.25. The molecule has 9 heteroatoms. The van der Waals surface area contributed by atoms with E-state index in [9.17, 15) is 4.79 Å². The van der Waals surface area contributed by atoms with E-state index in [0.29, 0.717) is 23.9 Å². The normalized spacial score (nSPS) is 14.2. The van der Waals surface area contributed by atoms with Gasteiger partial charge < -0.3 is 4.74 Å². The Hall–Kier alpha value is -3.13. The third kappa shape index (κ3) is 3.88. The van der Waals surface area contributed by atoms with E-state index in [1.54, 1.807) is 11.7 Å². The second kappa shape index (κ2) is 8.08. The fourth-order valence-electron chi connectivity index (χ4n) is 3.36. The van der Waals surface area contributed by atoms with Gasteiger partial charge in [-0.2, -0.15) is 9.36 Å². The van der Waals surface area contributed by atoms with Crippen LogP contribution in [0.15, 0.2) is 58.5 Å². The number of rotatable bonds is 6. The minimum absolute atomic E-state index is 0.262. The first kappa shape index (κ1) is 19.2. The number of allylic oxidation sites excluding steroid dienone is 2. The van der Waals surface area contributed by atoms with Crippen molar-refractivity contribution in [3.05, 3.63) is 69.3 Å². The molecule has 0 N–H and O–H groups in total. The molecule has 1 aliphatic rings. The Bertz CT molecular complexity index is 1140. The number of ether oxygens (including phenoxy) is 1. The highest BCUT2D eigenvalue weighted by molar-refractivity contribution is 6.30. The molecule has 0 amide bonds. The summed E-state index contributed by atoms with van der Waals surface area (Å²) >= 11 is 5.94. The first-order valence-corrected chi connectivity index (χ1v) is 9.80.